The van der Waals surface area contributed by atoms with Gasteiger partial charge in [-0.2, -0.15) is 0 Å². The first-order chi connectivity index (χ1) is 13.6. The Kier molecular flexibility index (Phi) is 8.99. The van der Waals surface area contributed by atoms with Crippen LogP contribution in [0.3, 0.4) is 0 Å². The third-order valence-electron chi connectivity index (χ3n) is 6.16. The number of aliphatic hydroxyl groups excluding tert-OH is 2. The number of methoxy groups -OCH3 is 1. The maximum atomic E-state index is 11.2. The van der Waals surface area contributed by atoms with Crippen LogP contribution < -0.4 is 0 Å². The van der Waals surface area contributed by atoms with Crippen molar-refractivity contribution in [3.63, 3.8) is 0 Å². The number of aliphatic hydroxyl groups is 2. The molecule has 1 aliphatic rings. The molecule has 1 aromatic carbocycles. The van der Waals surface area contributed by atoms with Crippen LogP contribution in [-0.4, -0.2) is 34.8 Å². The fourth-order valence-electron chi connectivity index (χ4n) is 4.40. The fourth-order valence-corrected chi connectivity index (χ4v) is 4.86. The number of alkyl halides is 1. The number of hydrogen-bond acceptors (Lipinski definition) is 4. The highest BCUT2D eigenvalue weighted by atomic mass is 35.5. The van der Waals surface area contributed by atoms with Crippen molar-refractivity contribution in [3.05, 3.63) is 35.4 Å². The van der Waals surface area contributed by atoms with E-state index in [4.69, 9.17) is 11.6 Å². The fraction of sp³-hybridized carbons (Fsp3) is 0.708. The van der Waals surface area contributed by atoms with Crippen LogP contribution in [-0.2, 0) is 9.53 Å². The third kappa shape index (κ3) is 6.70. The summed E-state index contributed by atoms with van der Waals surface area (Å²) in [6.07, 6.45) is 5.06. The minimum absolute atomic E-state index is 0.0232. The van der Waals surface area contributed by atoms with Gasteiger partial charge in [-0.05, 0) is 41.7 Å². The lowest BCUT2D eigenvalue weighted by Crippen LogP contribution is -2.20. The minimum Gasteiger partial charge on any atom is -0.469 e. The van der Waals surface area contributed by atoms with Crippen LogP contribution in [0, 0.1) is 11.3 Å². The zero-order valence-electron chi connectivity index (χ0n) is 18.2. The molecule has 164 valence electrons. The number of carbonyl (C=O) groups is 1. The summed E-state index contributed by atoms with van der Waals surface area (Å²) in [7, 11) is 1.42. The van der Waals surface area contributed by atoms with E-state index in [9.17, 15) is 15.0 Å². The second kappa shape index (κ2) is 10.8. The van der Waals surface area contributed by atoms with Crippen LogP contribution >= 0.6 is 11.6 Å². The highest BCUT2D eigenvalue weighted by Gasteiger charge is 2.42. The topological polar surface area (TPSA) is 66.8 Å². The van der Waals surface area contributed by atoms with Gasteiger partial charge in [0.15, 0.2) is 0 Å². The van der Waals surface area contributed by atoms with Crippen molar-refractivity contribution < 1.29 is 19.7 Å². The maximum Gasteiger partial charge on any atom is 0.305 e. The second-order valence-electron chi connectivity index (χ2n) is 9.47. The highest BCUT2D eigenvalue weighted by molar-refractivity contribution is 6.21. The smallest absolute Gasteiger partial charge is 0.305 e. The van der Waals surface area contributed by atoms with E-state index in [1.54, 1.807) is 0 Å². The van der Waals surface area contributed by atoms with Gasteiger partial charge < -0.3 is 14.9 Å². The zero-order chi connectivity index (χ0) is 21.6. The van der Waals surface area contributed by atoms with Crippen LogP contribution in [0.1, 0.15) is 88.9 Å². The minimum atomic E-state index is -0.522. The SMILES string of the molecule is COC(=O)CCCCCCC1C(c2ccc(C(O)C(C)(C)C)cc2)[C@H](O)C[C@H]1Cl. The van der Waals surface area contributed by atoms with Crippen molar-refractivity contribution in [2.24, 2.45) is 11.3 Å². The molecule has 2 rings (SSSR count). The Balaban J connectivity index is 1.94. The quantitative estimate of drug-likeness (QED) is 0.318. The molecule has 29 heavy (non-hydrogen) atoms. The molecule has 0 aliphatic heterocycles. The Morgan fingerprint density at radius 3 is 2.38 bits per heavy atom. The molecule has 0 radical (unpaired) electrons. The summed E-state index contributed by atoms with van der Waals surface area (Å²) in [5, 5.41) is 21.1. The number of esters is 1. The van der Waals surface area contributed by atoms with Gasteiger partial charge in [0.25, 0.3) is 0 Å². The van der Waals surface area contributed by atoms with Gasteiger partial charge in [0.2, 0.25) is 0 Å². The Bertz CT molecular complexity index is 637. The molecular weight excluding hydrogens is 388 g/mol. The average molecular weight is 425 g/mol. The van der Waals surface area contributed by atoms with Crippen molar-refractivity contribution in [1.82, 2.24) is 0 Å². The first kappa shape index (κ1) is 24.2. The number of ether oxygens (including phenoxy) is 1. The molecule has 0 aromatic heterocycles. The molecule has 1 fully saturated rings. The molecule has 0 amide bonds. The summed E-state index contributed by atoms with van der Waals surface area (Å²) in [5.41, 5.74) is 1.78. The van der Waals surface area contributed by atoms with E-state index in [1.807, 2.05) is 45.0 Å². The largest absolute Gasteiger partial charge is 0.469 e. The van der Waals surface area contributed by atoms with E-state index < -0.39 is 12.2 Å². The van der Waals surface area contributed by atoms with E-state index in [-0.39, 0.29) is 28.6 Å². The maximum absolute atomic E-state index is 11.2. The van der Waals surface area contributed by atoms with E-state index in [1.165, 1.54) is 7.11 Å². The summed E-state index contributed by atoms with van der Waals surface area (Å²) in [6, 6.07) is 8.03. The predicted octanol–water partition coefficient (Wildman–Crippen LogP) is 5.35. The van der Waals surface area contributed by atoms with Crippen LogP contribution in [0.4, 0.5) is 0 Å². The summed E-state index contributed by atoms with van der Waals surface area (Å²) in [4.78, 5) is 11.2. The van der Waals surface area contributed by atoms with Gasteiger partial charge in [-0.15, -0.1) is 11.6 Å². The van der Waals surface area contributed by atoms with E-state index in [2.05, 4.69) is 4.74 Å². The molecule has 5 atom stereocenters. The molecule has 0 bridgehead atoms. The Hall–Kier alpha value is -1.10. The summed E-state index contributed by atoms with van der Waals surface area (Å²) < 4.78 is 4.67. The normalized spacial score (nSPS) is 25.8. The van der Waals surface area contributed by atoms with Crippen LogP contribution in [0.25, 0.3) is 0 Å². The number of hydrogen-bond donors (Lipinski definition) is 2. The number of benzene rings is 1. The first-order valence-corrected chi connectivity index (χ1v) is 11.3. The highest BCUT2D eigenvalue weighted by Crippen LogP contribution is 2.45. The van der Waals surface area contributed by atoms with Crippen molar-refractivity contribution in [3.8, 4) is 0 Å². The zero-order valence-corrected chi connectivity index (χ0v) is 19.0. The molecule has 2 N–H and O–H groups in total. The van der Waals surface area contributed by atoms with E-state index in [0.717, 1.165) is 43.2 Å². The molecule has 1 aromatic rings. The van der Waals surface area contributed by atoms with Gasteiger partial charge in [0, 0.05) is 17.7 Å². The Morgan fingerprint density at radius 1 is 1.17 bits per heavy atom. The van der Waals surface area contributed by atoms with Gasteiger partial charge in [-0.1, -0.05) is 64.3 Å². The molecule has 5 heteroatoms. The molecule has 3 unspecified atom stereocenters. The summed E-state index contributed by atoms with van der Waals surface area (Å²) in [5.74, 6) is 0.129. The number of halogens is 1. The van der Waals surface area contributed by atoms with Crippen LogP contribution in [0.2, 0.25) is 0 Å². The second-order valence-corrected chi connectivity index (χ2v) is 10.0. The predicted molar refractivity (Wildman–Crippen MR) is 117 cm³/mol. The average Bonchev–Trinajstić information content (AvgIpc) is 2.96. The van der Waals surface area contributed by atoms with Gasteiger partial charge >= 0.3 is 5.97 Å². The van der Waals surface area contributed by atoms with Crippen LogP contribution in [0.5, 0.6) is 0 Å². The molecule has 0 saturated heterocycles. The molecule has 0 spiro atoms. The lowest BCUT2D eigenvalue weighted by Gasteiger charge is -2.27. The van der Waals surface area contributed by atoms with Gasteiger partial charge in [0.1, 0.15) is 0 Å². The Labute approximate surface area is 180 Å². The summed E-state index contributed by atoms with van der Waals surface area (Å²) in [6.45, 7) is 6.06. The van der Waals surface area contributed by atoms with E-state index >= 15 is 0 Å². The standard InChI is InChI=1S/C24H37ClO4/c1-24(2,3)23(28)17-13-11-16(12-14-17)22-18(19(25)15-20(22)26)9-7-5-6-8-10-21(27)29-4/h11-14,18-20,22-23,26,28H,5-10,15H2,1-4H3/t18?,19-,20-,22?,23?/m1/s1. The number of unbranched alkanes of at least 4 members (excludes halogenated alkanes) is 3. The lowest BCUT2D eigenvalue weighted by molar-refractivity contribution is -0.140. The Morgan fingerprint density at radius 2 is 1.79 bits per heavy atom. The lowest BCUT2D eigenvalue weighted by atomic mass is 9.81. The summed E-state index contributed by atoms with van der Waals surface area (Å²) >= 11 is 6.60. The first-order valence-electron chi connectivity index (χ1n) is 10.8. The van der Waals surface area contributed by atoms with Gasteiger partial charge in [0.05, 0.1) is 19.3 Å². The number of rotatable bonds is 9. The molecule has 1 saturated carbocycles. The van der Waals surface area contributed by atoms with Crippen molar-refractivity contribution in [1.29, 1.82) is 0 Å². The number of carbonyl (C=O) groups excluding carboxylic acids is 1. The van der Waals surface area contributed by atoms with Gasteiger partial charge in [-0.3, -0.25) is 4.79 Å². The van der Waals surface area contributed by atoms with E-state index in [0.29, 0.717) is 12.8 Å². The van der Waals surface area contributed by atoms with Crippen molar-refractivity contribution in [2.45, 2.75) is 89.2 Å². The molecular formula is C24H37ClO4. The molecule has 1 aliphatic carbocycles. The monoisotopic (exact) mass is 424 g/mol. The van der Waals surface area contributed by atoms with Crippen LogP contribution in [0.15, 0.2) is 24.3 Å². The van der Waals surface area contributed by atoms with Gasteiger partial charge in [-0.25, -0.2) is 0 Å². The van der Waals surface area contributed by atoms with Crippen molar-refractivity contribution in [2.75, 3.05) is 7.11 Å². The molecule has 4 nitrogen and oxygen atoms in total. The molecule has 0 heterocycles. The van der Waals surface area contributed by atoms with Crippen molar-refractivity contribution >= 4 is 17.6 Å². The third-order valence-corrected chi connectivity index (χ3v) is 6.66.